The largest absolute Gasteiger partial charge is 0.495 e. The van der Waals surface area contributed by atoms with Crippen molar-refractivity contribution in [2.75, 3.05) is 19.5 Å². The zero-order chi connectivity index (χ0) is 21.4. The molecule has 2 aromatic rings. The molecule has 7 nitrogen and oxygen atoms in total. The van der Waals surface area contributed by atoms with Gasteiger partial charge in [-0.3, -0.25) is 0 Å². The van der Waals surface area contributed by atoms with Crippen molar-refractivity contribution in [1.29, 1.82) is 0 Å². The van der Waals surface area contributed by atoms with Gasteiger partial charge in [-0.1, -0.05) is 36.4 Å². The number of carbonyl (C=O) groups is 1. The van der Waals surface area contributed by atoms with Crippen LogP contribution in [0.25, 0.3) is 0 Å². The lowest BCUT2D eigenvalue weighted by atomic mass is 10.1. The molecule has 0 fully saturated rings. The van der Waals surface area contributed by atoms with Crippen LogP contribution < -0.4 is 15.8 Å². The van der Waals surface area contributed by atoms with Crippen LogP contribution in [0.3, 0.4) is 0 Å². The highest BCUT2D eigenvalue weighted by atomic mass is 127. The lowest BCUT2D eigenvalue weighted by molar-refractivity contribution is 0.0285. The van der Waals surface area contributed by atoms with E-state index in [0.29, 0.717) is 24.8 Å². The van der Waals surface area contributed by atoms with E-state index in [1.54, 1.807) is 19.1 Å². The molecular formula is C22H31IN4O3. The Morgan fingerprint density at radius 2 is 1.70 bits per heavy atom. The molecule has 3 N–H and O–H groups in total. The minimum Gasteiger partial charge on any atom is -0.495 e. The number of amides is 1. The fourth-order valence-corrected chi connectivity index (χ4v) is 2.53. The summed E-state index contributed by atoms with van der Waals surface area (Å²) in [4.78, 5) is 18.0. The SMILES string of the molecule is COc1ccccc1NC(N)=NCc1ccc(CN(C)C(=O)OC(C)(C)C)cc1.I. The average molecular weight is 526 g/mol. The van der Waals surface area contributed by atoms with Gasteiger partial charge in [-0.05, 0) is 44.0 Å². The number of aliphatic imine (C=N–C) groups is 1. The van der Waals surface area contributed by atoms with Crippen LogP contribution in [0.1, 0.15) is 31.9 Å². The molecule has 30 heavy (non-hydrogen) atoms. The van der Waals surface area contributed by atoms with Crippen LogP contribution in [0.4, 0.5) is 10.5 Å². The molecule has 0 aliphatic carbocycles. The lowest BCUT2D eigenvalue weighted by Gasteiger charge is -2.24. The predicted molar refractivity (Wildman–Crippen MR) is 132 cm³/mol. The van der Waals surface area contributed by atoms with Gasteiger partial charge < -0.3 is 25.4 Å². The van der Waals surface area contributed by atoms with Crippen molar-refractivity contribution in [1.82, 2.24) is 4.90 Å². The Hall–Kier alpha value is -2.49. The Kier molecular flexibility index (Phi) is 9.91. The molecule has 0 unspecified atom stereocenters. The maximum atomic E-state index is 12.1. The molecular weight excluding hydrogens is 495 g/mol. The van der Waals surface area contributed by atoms with Crippen LogP contribution in [0.2, 0.25) is 0 Å². The summed E-state index contributed by atoms with van der Waals surface area (Å²) in [6.45, 7) is 6.46. The first-order chi connectivity index (χ1) is 13.7. The fourth-order valence-electron chi connectivity index (χ4n) is 2.53. The van der Waals surface area contributed by atoms with Gasteiger partial charge in [0.15, 0.2) is 5.96 Å². The van der Waals surface area contributed by atoms with Crippen LogP contribution >= 0.6 is 24.0 Å². The van der Waals surface area contributed by atoms with Gasteiger partial charge in [0.1, 0.15) is 11.4 Å². The van der Waals surface area contributed by atoms with Crippen molar-refractivity contribution in [2.45, 2.75) is 39.5 Å². The molecule has 0 radical (unpaired) electrons. The molecule has 0 heterocycles. The summed E-state index contributed by atoms with van der Waals surface area (Å²) in [6.07, 6.45) is -0.346. The molecule has 2 rings (SSSR count). The Balaban J connectivity index is 0.00000450. The van der Waals surface area contributed by atoms with Gasteiger partial charge in [-0.15, -0.1) is 24.0 Å². The Morgan fingerprint density at radius 1 is 1.10 bits per heavy atom. The lowest BCUT2D eigenvalue weighted by Crippen LogP contribution is -2.33. The quantitative estimate of drug-likeness (QED) is 0.326. The number of guanidine groups is 1. The second-order valence-electron chi connectivity index (χ2n) is 7.68. The standard InChI is InChI=1S/C22H30N4O3.HI/c1-22(2,3)29-21(27)26(4)15-17-12-10-16(11-13-17)14-24-20(23)25-18-8-6-7-9-19(18)28-5;/h6-13H,14-15H2,1-5H3,(H3,23,24,25);1H. The van der Waals surface area contributed by atoms with Gasteiger partial charge >= 0.3 is 6.09 Å². The maximum absolute atomic E-state index is 12.1. The predicted octanol–water partition coefficient (Wildman–Crippen LogP) is 4.61. The summed E-state index contributed by atoms with van der Waals surface area (Å²) < 4.78 is 10.7. The van der Waals surface area contributed by atoms with E-state index in [1.165, 1.54) is 0 Å². The number of halogens is 1. The number of methoxy groups -OCH3 is 1. The van der Waals surface area contributed by atoms with E-state index in [1.807, 2.05) is 69.3 Å². The van der Waals surface area contributed by atoms with Crippen molar-refractivity contribution >= 4 is 41.7 Å². The summed E-state index contributed by atoms with van der Waals surface area (Å²) in [5.74, 6) is 1.01. The first kappa shape index (κ1) is 25.5. The van der Waals surface area contributed by atoms with Gasteiger partial charge in [0.05, 0.1) is 19.3 Å². The van der Waals surface area contributed by atoms with Crippen molar-refractivity contribution < 1.29 is 14.3 Å². The number of hydrogen-bond donors (Lipinski definition) is 2. The van der Waals surface area contributed by atoms with Crippen LogP contribution in [-0.2, 0) is 17.8 Å². The van der Waals surface area contributed by atoms with E-state index in [0.717, 1.165) is 16.8 Å². The summed E-state index contributed by atoms with van der Waals surface area (Å²) in [6, 6.07) is 15.4. The highest BCUT2D eigenvalue weighted by molar-refractivity contribution is 14.0. The molecule has 0 aliphatic heterocycles. The Bertz CT molecular complexity index is 848. The maximum Gasteiger partial charge on any atom is 0.410 e. The van der Waals surface area contributed by atoms with Crippen molar-refractivity contribution in [2.24, 2.45) is 10.7 Å². The van der Waals surface area contributed by atoms with E-state index in [9.17, 15) is 4.79 Å². The zero-order valence-corrected chi connectivity index (χ0v) is 20.5. The van der Waals surface area contributed by atoms with E-state index in [4.69, 9.17) is 15.2 Å². The van der Waals surface area contributed by atoms with E-state index in [2.05, 4.69) is 10.3 Å². The number of nitrogens with one attached hydrogen (secondary N) is 1. The molecule has 0 aliphatic rings. The first-order valence-electron chi connectivity index (χ1n) is 9.40. The van der Waals surface area contributed by atoms with Gasteiger partial charge in [0.25, 0.3) is 0 Å². The van der Waals surface area contributed by atoms with E-state index in [-0.39, 0.29) is 30.1 Å². The molecule has 1 amide bonds. The number of ether oxygens (including phenoxy) is 2. The summed E-state index contributed by atoms with van der Waals surface area (Å²) in [5, 5.41) is 3.04. The second kappa shape index (κ2) is 11.6. The number of rotatable bonds is 6. The van der Waals surface area contributed by atoms with Crippen molar-refractivity contribution in [3.8, 4) is 5.75 Å². The van der Waals surface area contributed by atoms with Crippen molar-refractivity contribution in [3.63, 3.8) is 0 Å². The minimum atomic E-state index is -0.509. The summed E-state index contributed by atoms with van der Waals surface area (Å²) >= 11 is 0. The molecule has 0 atom stereocenters. The summed E-state index contributed by atoms with van der Waals surface area (Å²) in [7, 11) is 3.33. The molecule has 164 valence electrons. The molecule has 2 aromatic carbocycles. The monoisotopic (exact) mass is 526 g/mol. The second-order valence-corrected chi connectivity index (χ2v) is 7.68. The number of hydrogen-bond acceptors (Lipinski definition) is 4. The van der Waals surface area contributed by atoms with E-state index >= 15 is 0 Å². The molecule has 0 spiro atoms. The Labute approximate surface area is 195 Å². The molecule has 0 saturated heterocycles. The van der Waals surface area contributed by atoms with Crippen LogP contribution in [-0.4, -0.2) is 36.7 Å². The van der Waals surface area contributed by atoms with E-state index < -0.39 is 5.60 Å². The van der Waals surface area contributed by atoms with Crippen molar-refractivity contribution in [3.05, 3.63) is 59.7 Å². The number of anilines is 1. The fraction of sp³-hybridized carbons (Fsp3) is 0.364. The average Bonchev–Trinajstić information content (AvgIpc) is 2.66. The van der Waals surface area contributed by atoms with Gasteiger partial charge in [-0.25, -0.2) is 9.79 Å². The number of carbonyl (C=O) groups excluding carboxylic acids is 1. The minimum absolute atomic E-state index is 0. The highest BCUT2D eigenvalue weighted by Gasteiger charge is 2.19. The number of benzene rings is 2. The normalized spacial score (nSPS) is 11.3. The third kappa shape index (κ3) is 8.48. The molecule has 0 bridgehead atoms. The Morgan fingerprint density at radius 3 is 2.30 bits per heavy atom. The summed E-state index contributed by atoms with van der Waals surface area (Å²) in [5.41, 5.74) is 8.25. The number of para-hydroxylation sites is 2. The topological polar surface area (TPSA) is 89.2 Å². The van der Waals surface area contributed by atoms with Gasteiger partial charge in [0, 0.05) is 13.6 Å². The third-order valence-corrected chi connectivity index (χ3v) is 3.95. The van der Waals surface area contributed by atoms with Gasteiger partial charge in [-0.2, -0.15) is 0 Å². The van der Waals surface area contributed by atoms with Crippen LogP contribution in [0.15, 0.2) is 53.5 Å². The van der Waals surface area contributed by atoms with Crippen LogP contribution in [0.5, 0.6) is 5.75 Å². The smallest absolute Gasteiger partial charge is 0.410 e. The molecule has 8 heteroatoms. The third-order valence-electron chi connectivity index (χ3n) is 3.95. The highest BCUT2D eigenvalue weighted by Crippen LogP contribution is 2.22. The number of nitrogens with two attached hydrogens (primary N) is 1. The molecule has 0 saturated carbocycles. The first-order valence-corrected chi connectivity index (χ1v) is 9.40. The van der Waals surface area contributed by atoms with Gasteiger partial charge in [0.2, 0.25) is 0 Å². The van der Waals surface area contributed by atoms with Crippen LogP contribution in [0, 0.1) is 0 Å². The number of nitrogens with zero attached hydrogens (tertiary/aromatic N) is 2. The zero-order valence-electron chi connectivity index (χ0n) is 18.1. The molecule has 0 aromatic heterocycles.